The SMILES string of the molecule is COc1ccc2nc(N3C(=O)[C@@H](C)[C@@H]4[C@@H]3CCN4C(=O)[C@@H]3CCCN3C(=O)Nc3ccc(C(C)C)cc3)sc2c1. The Morgan fingerprint density at radius 3 is 2.58 bits per heavy atom. The number of nitrogens with one attached hydrogen (secondary N) is 1. The van der Waals surface area contributed by atoms with Gasteiger partial charge in [0.1, 0.15) is 11.8 Å². The molecule has 3 fully saturated rings. The van der Waals surface area contributed by atoms with E-state index in [0.717, 1.165) is 22.4 Å². The van der Waals surface area contributed by atoms with Crippen LogP contribution in [0.15, 0.2) is 42.5 Å². The third-order valence-electron chi connectivity index (χ3n) is 8.59. The van der Waals surface area contributed by atoms with Crippen molar-refractivity contribution in [2.45, 2.75) is 64.1 Å². The molecule has 6 rings (SSSR count). The van der Waals surface area contributed by atoms with Gasteiger partial charge in [0.15, 0.2) is 5.13 Å². The van der Waals surface area contributed by atoms with Gasteiger partial charge in [-0.25, -0.2) is 9.78 Å². The van der Waals surface area contributed by atoms with Crippen molar-refractivity contribution in [1.82, 2.24) is 14.8 Å². The highest BCUT2D eigenvalue weighted by Gasteiger charge is 2.55. The summed E-state index contributed by atoms with van der Waals surface area (Å²) in [5, 5.41) is 3.63. The highest BCUT2D eigenvalue weighted by molar-refractivity contribution is 7.22. The maximum absolute atomic E-state index is 13.9. The molecule has 0 spiro atoms. The lowest BCUT2D eigenvalue weighted by Gasteiger charge is -2.32. The summed E-state index contributed by atoms with van der Waals surface area (Å²) in [6, 6.07) is 12.4. The molecule has 1 aromatic heterocycles. The van der Waals surface area contributed by atoms with Gasteiger partial charge in [-0.3, -0.25) is 14.5 Å². The fourth-order valence-electron chi connectivity index (χ4n) is 6.43. The van der Waals surface area contributed by atoms with Crippen molar-refractivity contribution in [1.29, 1.82) is 0 Å². The summed E-state index contributed by atoms with van der Waals surface area (Å²) in [6.07, 6.45) is 2.08. The van der Waals surface area contributed by atoms with Gasteiger partial charge in [-0.1, -0.05) is 44.2 Å². The zero-order valence-corrected chi connectivity index (χ0v) is 24.1. The molecule has 3 aromatic rings. The van der Waals surface area contributed by atoms with Crippen LogP contribution in [0.2, 0.25) is 0 Å². The smallest absolute Gasteiger partial charge is 0.322 e. The number of benzene rings is 2. The number of urea groups is 1. The van der Waals surface area contributed by atoms with Crippen molar-refractivity contribution < 1.29 is 19.1 Å². The number of fused-ring (bicyclic) bond motifs is 2. The molecule has 4 heterocycles. The minimum Gasteiger partial charge on any atom is -0.497 e. The Hall–Kier alpha value is -3.66. The normalized spacial score (nSPS) is 24.3. The van der Waals surface area contributed by atoms with Crippen molar-refractivity contribution in [2.24, 2.45) is 5.92 Å². The number of thiazole rings is 1. The van der Waals surface area contributed by atoms with Crippen molar-refractivity contribution in [3.8, 4) is 5.75 Å². The van der Waals surface area contributed by atoms with Crippen LogP contribution in [0.3, 0.4) is 0 Å². The number of aromatic nitrogens is 1. The van der Waals surface area contributed by atoms with Gasteiger partial charge in [0.2, 0.25) is 11.8 Å². The van der Waals surface area contributed by atoms with E-state index in [0.29, 0.717) is 42.7 Å². The van der Waals surface area contributed by atoms with Gasteiger partial charge in [-0.2, -0.15) is 0 Å². The third-order valence-corrected chi connectivity index (χ3v) is 9.61. The van der Waals surface area contributed by atoms with E-state index in [9.17, 15) is 14.4 Å². The van der Waals surface area contributed by atoms with Crippen LogP contribution in [-0.2, 0) is 9.59 Å². The molecule has 2 aromatic carbocycles. The fraction of sp³-hybridized carbons (Fsp3) is 0.467. The van der Waals surface area contributed by atoms with E-state index in [1.165, 1.54) is 16.9 Å². The van der Waals surface area contributed by atoms with Crippen LogP contribution in [0.5, 0.6) is 5.75 Å². The van der Waals surface area contributed by atoms with Crippen LogP contribution in [0.4, 0.5) is 15.6 Å². The third kappa shape index (κ3) is 4.48. The van der Waals surface area contributed by atoms with Crippen LogP contribution in [0.1, 0.15) is 51.5 Å². The molecule has 1 N–H and O–H groups in total. The first-order chi connectivity index (χ1) is 19.3. The van der Waals surface area contributed by atoms with E-state index in [2.05, 4.69) is 19.2 Å². The molecular weight excluding hydrogens is 526 g/mol. The molecule has 3 saturated heterocycles. The molecule has 3 aliphatic rings. The van der Waals surface area contributed by atoms with E-state index in [-0.39, 0.29) is 35.8 Å². The maximum atomic E-state index is 13.9. The topological polar surface area (TPSA) is 95.1 Å². The summed E-state index contributed by atoms with van der Waals surface area (Å²) in [7, 11) is 1.63. The van der Waals surface area contributed by atoms with Crippen LogP contribution in [0, 0.1) is 5.92 Å². The lowest BCUT2D eigenvalue weighted by Crippen LogP contribution is -2.52. The Kier molecular flexibility index (Phi) is 6.90. The number of methoxy groups -OCH3 is 1. The second kappa shape index (κ2) is 10.4. The minimum absolute atomic E-state index is 0.00983. The van der Waals surface area contributed by atoms with Crippen molar-refractivity contribution >= 4 is 50.2 Å². The largest absolute Gasteiger partial charge is 0.497 e. The number of carbonyl (C=O) groups is 3. The summed E-state index contributed by atoms with van der Waals surface area (Å²) in [5.41, 5.74) is 2.74. The lowest BCUT2D eigenvalue weighted by atomic mass is 10.0. The second-order valence-electron chi connectivity index (χ2n) is 11.3. The summed E-state index contributed by atoms with van der Waals surface area (Å²) < 4.78 is 6.30. The highest BCUT2D eigenvalue weighted by Crippen LogP contribution is 2.43. The van der Waals surface area contributed by atoms with Crippen molar-refractivity contribution in [3.05, 3.63) is 48.0 Å². The number of nitrogens with zero attached hydrogens (tertiary/aromatic N) is 4. The quantitative estimate of drug-likeness (QED) is 0.469. The van der Waals surface area contributed by atoms with E-state index in [4.69, 9.17) is 9.72 Å². The summed E-state index contributed by atoms with van der Waals surface area (Å²) in [6.45, 7) is 7.26. The number of hydrogen-bond donors (Lipinski definition) is 1. The van der Waals surface area contributed by atoms with Gasteiger partial charge >= 0.3 is 6.03 Å². The molecule has 0 aliphatic carbocycles. The average molecular weight is 562 g/mol. The van der Waals surface area contributed by atoms with Crippen LogP contribution in [-0.4, -0.2) is 71.0 Å². The van der Waals surface area contributed by atoms with Gasteiger partial charge in [0, 0.05) is 18.8 Å². The van der Waals surface area contributed by atoms with Crippen LogP contribution in [0.25, 0.3) is 10.2 Å². The number of anilines is 2. The molecule has 9 nitrogen and oxygen atoms in total. The zero-order chi connectivity index (χ0) is 28.1. The van der Waals surface area contributed by atoms with Gasteiger partial charge in [0.25, 0.3) is 0 Å². The maximum Gasteiger partial charge on any atom is 0.322 e. The Morgan fingerprint density at radius 2 is 1.85 bits per heavy atom. The molecule has 0 unspecified atom stereocenters. The van der Waals surface area contributed by atoms with E-state index >= 15 is 0 Å². The van der Waals surface area contributed by atoms with Crippen LogP contribution < -0.4 is 15.0 Å². The standard InChI is InChI=1S/C30H35N5O4S/c1-17(2)19-7-9-20(10-8-19)31-29(38)33-14-5-6-24(33)28(37)34-15-13-23-26(34)18(3)27(36)35(23)30-32-22-12-11-21(39-4)16-25(22)40-30/h7-12,16-18,23-24,26H,5-6,13-15H2,1-4H3,(H,31,38)/t18-,23-,24-,26+/m0/s1. The fourth-order valence-corrected chi connectivity index (χ4v) is 7.49. The number of carbonyl (C=O) groups excluding carboxylic acids is 3. The van der Waals surface area contributed by atoms with Gasteiger partial charge in [-0.05, 0) is 61.1 Å². The monoisotopic (exact) mass is 561 g/mol. The van der Waals surface area contributed by atoms with Crippen molar-refractivity contribution in [2.75, 3.05) is 30.4 Å². The predicted molar refractivity (Wildman–Crippen MR) is 156 cm³/mol. The number of ether oxygens (including phenoxy) is 1. The average Bonchev–Trinajstić information content (AvgIpc) is 3.73. The van der Waals surface area contributed by atoms with E-state index in [1.807, 2.05) is 54.3 Å². The summed E-state index contributed by atoms with van der Waals surface area (Å²) in [4.78, 5) is 50.8. The molecule has 4 atom stereocenters. The molecule has 4 amide bonds. The second-order valence-corrected chi connectivity index (χ2v) is 12.3. The summed E-state index contributed by atoms with van der Waals surface area (Å²) in [5.74, 6) is 0.738. The lowest BCUT2D eigenvalue weighted by molar-refractivity contribution is -0.137. The number of rotatable bonds is 5. The molecule has 10 heteroatoms. The zero-order valence-electron chi connectivity index (χ0n) is 23.3. The molecule has 3 aliphatic heterocycles. The molecule has 40 heavy (non-hydrogen) atoms. The van der Waals surface area contributed by atoms with Crippen LogP contribution >= 0.6 is 11.3 Å². The highest BCUT2D eigenvalue weighted by atomic mass is 32.1. The van der Waals surface area contributed by atoms with Crippen molar-refractivity contribution in [3.63, 3.8) is 0 Å². The first-order valence-corrected chi connectivity index (χ1v) is 14.8. The molecule has 210 valence electrons. The first-order valence-electron chi connectivity index (χ1n) is 14.0. The molecule has 0 radical (unpaired) electrons. The first kappa shape index (κ1) is 26.6. The number of hydrogen-bond acceptors (Lipinski definition) is 6. The molecular formula is C30H35N5O4S. The number of amides is 4. The Balaban J connectivity index is 1.18. The van der Waals surface area contributed by atoms with Gasteiger partial charge in [-0.15, -0.1) is 0 Å². The Labute approximate surface area is 238 Å². The van der Waals surface area contributed by atoms with Gasteiger partial charge < -0.3 is 19.9 Å². The summed E-state index contributed by atoms with van der Waals surface area (Å²) >= 11 is 1.47. The van der Waals surface area contributed by atoms with E-state index in [1.54, 1.807) is 16.9 Å². The van der Waals surface area contributed by atoms with E-state index < -0.39 is 6.04 Å². The predicted octanol–water partition coefficient (Wildman–Crippen LogP) is 5.08. The number of likely N-dealkylation sites (tertiary alicyclic amines) is 2. The molecule has 0 saturated carbocycles. The Morgan fingerprint density at radius 1 is 1.07 bits per heavy atom. The van der Waals surface area contributed by atoms with Gasteiger partial charge in [0.05, 0.1) is 35.3 Å². The molecule has 0 bridgehead atoms. The minimum atomic E-state index is -0.528. The Bertz CT molecular complexity index is 1450.